The summed E-state index contributed by atoms with van der Waals surface area (Å²) >= 11 is 4.05. The monoisotopic (exact) mass is 340 g/mol. The van der Waals surface area contributed by atoms with Gasteiger partial charge >= 0.3 is 0 Å². The second-order valence-corrected chi connectivity index (χ2v) is 9.01. The van der Waals surface area contributed by atoms with Gasteiger partial charge in [0.05, 0.1) is 0 Å². The smallest absolute Gasteiger partial charge is 0.227 e. The van der Waals surface area contributed by atoms with E-state index >= 15 is 0 Å². The van der Waals surface area contributed by atoms with Gasteiger partial charge in [-0.25, -0.2) is 0 Å². The van der Waals surface area contributed by atoms with Crippen LogP contribution in [0.5, 0.6) is 0 Å². The third-order valence-corrected chi connectivity index (χ3v) is 6.35. The number of hydrogen-bond donors (Lipinski definition) is 0. The Morgan fingerprint density at radius 1 is 1.30 bits per heavy atom. The molecule has 0 N–H and O–H groups in total. The molecule has 4 fully saturated rings. The van der Waals surface area contributed by atoms with Crippen molar-refractivity contribution in [3.8, 4) is 0 Å². The average molecular weight is 341 g/mol. The molecule has 0 aliphatic heterocycles. The van der Waals surface area contributed by atoms with Gasteiger partial charge in [0.15, 0.2) is 5.82 Å². The summed E-state index contributed by atoms with van der Waals surface area (Å²) in [6.45, 7) is 0.435. The Kier molecular flexibility index (Phi) is 3.01. The Balaban J connectivity index is 1.55. The Labute approximate surface area is 127 Å². The summed E-state index contributed by atoms with van der Waals surface area (Å²) in [6.07, 6.45) is 9.08. The maximum absolute atomic E-state index is 5.43. The van der Waals surface area contributed by atoms with Crippen molar-refractivity contribution in [1.82, 2.24) is 10.1 Å². The highest BCUT2D eigenvalue weighted by atomic mass is 79.9. The number of nitrogens with zero attached hydrogens (tertiary/aromatic N) is 2. The molecule has 0 spiro atoms. The van der Waals surface area contributed by atoms with E-state index in [0.29, 0.717) is 22.2 Å². The maximum Gasteiger partial charge on any atom is 0.227 e. The van der Waals surface area contributed by atoms with Gasteiger partial charge in [0.2, 0.25) is 5.89 Å². The van der Waals surface area contributed by atoms with Gasteiger partial charge in [-0.15, -0.1) is 0 Å². The number of aromatic nitrogens is 2. The molecule has 4 aliphatic rings. The van der Waals surface area contributed by atoms with Crippen molar-refractivity contribution < 1.29 is 9.26 Å². The average Bonchev–Trinajstić information content (AvgIpc) is 2.72. The number of halogens is 1. The molecule has 4 nitrogen and oxygen atoms in total. The van der Waals surface area contributed by atoms with E-state index in [1.165, 1.54) is 38.5 Å². The molecular weight excluding hydrogens is 320 g/mol. The van der Waals surface area contributed by atoms with E-state index in [-0.39, 0.29) is 0 Å². The number of hydrogen-bond acceptors (Lipinski definition) is 4. The Morgan fingerprint density at radius 3 is 2.70 bits per heavy atom. The standard InChI is InChI=1S/C15H21BrN2O2/c1-19-8-12-17-13(20-18-12)7-14-3-10-2-11(4-14)6-15(16,5-10)9-14/h10-11H,2-9H2,1H3/t10-,11-,14?,15?/m1/s1. The van der Waals surface area contributed by atoms with Crippen LogP contribution in [-0.4, -0.2) is 21.6 Å². The van der Waals surface area contributed by atoms with E-state index in [4.69, 9.17) is 9.26 Å². The van der Waals surface area contributed by atoms with Crippen LogP contribution in [0.2, 0.25) is 0 Å². The molecular formula is C15H21BrN2O2. The summed E-state index contributed by atoms with van der Waals surface area (Å²) in [7, 11) is 1.66. The minimum Gasteiger partial charge on any atom is -0.377 e. The molecule has 0 unspecified atom stereocenters. The van der Waals surface area contributed by atoms with Gasteiger partial charge < -0.3 is 9.26 Å². The fourth-order valence-electron chi connectivity index (χ4n) is 5.41. The lowest BCUT2D eigenvalue weighted by Crippen LogP contribution is -2.53. The summed E-state index contributed by atoms with van der Waals surface area (Å²) in [5, 5.41) is 4.00. The predicted molar refractivity (Wildman–Crippen MR) is 77.5 cm³/mol. The molecule has 4 bridgehead atoms. The quantitative estimate of drug-likeness (QED) is 0.787. The zero-order valence-corrected chi connectivity index (χ0v) is 13.5. The molecule has 1 aromatic heterocycles. The van der Waals surface area contributed by atoms with Gasteiger partial charge in [0, 0.05) is 17.9 Å². The molecule has 0 radical (unpaired) electrons. The molecule has 1 aromatic rings. The van der Waals surface area contributed by atoms with Gasteiger partial charge in [-0.1, -0.05) is 21.1 Å². The van der Waals surface area contributed by atoms with Crippen LogP contribution < -0.4 is 0 Å². The van der Waals surface area contributed by atoms with Crippen LogP contribution in [0.15, 0.2) is 4.52 Å². The lowest BCUT2D eigenvalue weighted by atomic mass is 9.48. The van der Waals surface area contributed by atoms with Crippen LogP contribution >= 0.6 is 15.9 Å². The van der Waals surface area contributed by atoms with E-state index in [2.05, 4.69) is 26.1 Å². The molecule has 2 atom stereocenters. The van der Waals surface area contributed by atoms with Gasteiger partial charge in [-0.2, -0.15) is 4.98 Å². The molecule has 4 saturated carbocycles. The summed E-state index contributed by atoms with van der Waals surface area (Å²) in [4.78, 5) is 4.48. The number of ether oxygens (including phenoxy) is 1. The van der Waals surface area contributed by atoms with Crippen LogP contribution in [0.3, 0.4) is 0 Å². The zero-order valence-electron chi connectivity index (χ0n) is 11.9. The third-order valence-electron chi connectivity index (χ3n) is 5.42. The van der Waals surface area contributed by atoms with Crippen molar-refractivity contribution in [3.05, 3.63) is 11.7 Å². The Morgan fingerprint density at radius 2 is 2.05 bits per heavy atom. The predicted octanol–water partition coefficient (Wildman–Crippen LogP) is 3.49. The Hall–Kier alpha value is -0.420. The van der Waals surface area contributed by atoms with Gasteiger partial charge in [-0.3, -0.25) is 0 Å². The van der Waals surface area contributed by atoms with Crippen molar-refractivity contribution in [2.24, 2.45) is 17.3 Å². The number of rotatable bonds is 4. The first kappa shape index (κ1) is 13.3. The van der Waals surface area contributed by atoms with E-state index in [9.17, 15) is 0 Å². The minimum atomic E-state index is 0.393. The molecule has 0 aromatic carbocycles. The summed E-state index contributed by atoms with van der Waals surface area (Å²) in [6, 6.07) is 0. The molecule has 20 heavy (non-hydrogen) atoms. The molecule has 0 amide bonds. The van der Waals surface area contributed by atoms with Crippen LogP contribution in [0.1, 0.15) is 50.2 Å². The van der Waals surface area contributed by atoms with Crippen LogP contribution in [0, 0.1) is 17.3 Å². The van der Waals surface area contributed by atoms with E-state index in [1.54, 1.807) is 7.11 Å². The van der Waals surface area contributed by atoms with E-state index < -0.39 is 0 Å². The first-order valence-corrected chi connectivity index (χ1v) is 8.37. The van der Waals surface area contributed by atoms with Crippen LogP contribution in [0.4, 0.5) is 0 Å². The van der Waals surface area contributed by atoms with Crippen LogP contribution in [-0.2, 0) is 17.8 Å². The number of methoxy groups -OCH3 is 1. The third kappa shape index (κ3) is 2.23. The highest BCUT2D eigenvalue weighted by Crippen LogP contribution is 2.65. The SMILES string of the molecule is COCc1noc(CC23C[C@H]4C[C@@H](CC(Br)(C4)C2)C3)n1. The molecule has 110 valence electrons. The second-order valence-electron chi connectivity index (χ2n) is 7.33. The molecule has 1 heterocycles. The first-order valence-electron chi connectivity index (χ1n) is 7.57. The normalized spacial score (nSPS) is 42.3. The molecule has 4 aliphatic carbocycles. The topological polar surface area (TPSA) is 48.2 Å². The van der Waals surface area contributed by atoms with Crippen molar-refractivity contribution in [2.75, 3.05) is 7.11 Å². The Bertz CT molecular complexity index is 502. The zero-order chi connectivity index (χ0) is 13.8. The summed E-state index contributed by atoms with van der Waals surface area (Å²) in [5.74, 6) is 3.27. The molecule has 5 rings (SSSR count). The van der Waals surface area contributed by atoms with Crippen molar-refractivity contribution in [1.29, 1.82) is 0 Å². The van der Waals surface area contributed by atoms with Gasteiger partial charge in [-0.05, 0) is 55.8 Å². The van der Waals surface area contributed by atoms with Crippen molar-refractivity contribution in [3.63, 3.8) is 0 Å². The fraction of sp³-hybridized carbons (Fsp3) is 0.867. The van der Waals surface area contributed by atoms with E-state index in [1.807, 2.05) is 0 Å². The van der Waals surface area contributed by atoms with Crippen molar-refractivity contribution >= 4 is 15.9 Å². The highest BCUT2D eigenvalue weighted by molar-refractivity contribution is 9.10. The second kappa shape index (κ2) is 4.54. The minimum absolute atomic E-state index is 0.393. The van der Waals surface area contributed by atoms with Gasteiger partial charge in [0.1, 0.15) is 6.61 Å². The molecule has 5 heteroatoms. The largest absolute Gasteiger partial charge is 0.377 e. The number of alkyl halides is 1. The summed E-state index contributed by atoms with van der Waals surface area (Å²) < 4.78 is 10.9. The van der Waals surface area contributed by atoms with E-state index in [0.717, 1.165) is 24.1 Å². The first-order chi connectivity index (χ1) is 9.58. The van der Waals surface area contributed by atoms with Crippen LogP contribution in [0.25, 0.3) is 0 Å². The summed E-state index contributed by atoms with van der Waals surface area (Å²) in [5.41, 5.74) is 0.393. The van der Waals surface area contributed by atoms with Gasteiger partial charge in [0.25, 0.3) is 0 Å². The highest BCUT2D eigenvalue weighted by Gasteiger charge is 2.57. The maximum atomic E-state index is 5.43. The lowest BCUT2D eigenvalue weighted by molar-refractivity contribution is -0.0383. The molecule has 0 saturated heterocycles. The van der Waals surface area contributed by atoms with Crippen molar-refractivity contribution in [2.45, 2.75) is 55.9 Å². The fourth-order valence-corrected chi connectivity index (χ4v) is 6.92. The lowest BCUT2D eigenvalue weighted by Gasteiger charge is -2.60.